The standard InChI is InChI=1S/C15H33NO/c1-7-11-13(5)12-14(16-6)15(8-2,9-3)17-10-4/h13-14,16H,7-12H2,1-6H3. The highest BCUT2D eigenvalue weighted by Crippen LogP contribution is 2.29. The molecule has 0 aromatic carbocycles. The van der Waals surface area contributed by atoms with Crippen LogP contribution in [0.3, 0.4) is 0 Å². The van der Waals surface area contributed by atoms with E-state index in [0.29, 0.717) is 6.04 Å². The Bertz CT molecular complexity index is 178. The molecule has 0 radical (unpaired) electrons. The number of likely N-dealkylation sites (N-methyl/N-ethyl adjacent to an activating group) is 1. The van der Waals surface area contributed by atoms with Gasteiger partial charge in [-0.2, -0.15) is 0 Å². The van der Waals surface area contributed by atoms with Gasteiger partial charge in [0.2, 0.25) is 0 Å². The van der Waals surface area contributed by atoms with E-state index in [9.17, 15) is 0 Å². The summed E-state index contributed by atoms with van der Waals surface area (Å²) in [5, 5.41) is 3.49. The van der Waals surface area contributed by atoms with Crippen molar-refractivity contribution in [3.63, 3.8) is 0 Å². The fourth-order valence-electron chi connectivity index (χ4n) is 2.94. The summed E-state index contributed by atoms with van der Waals surface area (Å²) in [6, 6.07) is 0.471. The molecule has 0 amide bonds. The van der Waals surface area contributed by atoms with E-state index in [0.717, 1.165) is 25.4 Å². The second kappa shape index (κ2) is 8.93. The first kappa shape index (κ1) is 16.9. The molecule has 0 aromatic heterocycles. The van der Waals surface area contributed by atoms with Crippen LogP contribution < -0.4 is 5.32 Å². The van der Waals surface area contributed by atoms with E-state index < -0.39 is 0 Å². The fraction of sp³-hybridized carbons (Fsp3) is 1.00. The zero-order valence-corrected chi connectivity index (χ0v) is 12.8. The molecule has 0 aliphatic carbocycles. The molecule has 104 valence electrons. The van der Waals surface area contributed by atoms with Gasteiger partial charge in [0.1, 0.15) is 0 Å². The van der Waals surface area contributed by atoms with Crippen molar-refractivity contribution >= 4 is 0 Å². The predicted molar refractivity (Wildman–Crippen MR) is 76.5 cm³/mol. The molecule has 0 bridgehead atoms. The average Bonchev–Trinajstić information content (AvgIpc) is 2.34. The number of rotatable bonds is 10. The highest BCUT2D eigenvalue weighted by atomic mass is 16.5. The number of hydrogen-bond donors (Lipinski definition) is 1. The lowest BCUT2D eigenvalue weighted by atomic mass is 9.82. The third-order valence-corrected chi connectivity index (χ3v) is 4.03. The Hall–Kier alpha value is -0.0800. The third-order valence-electron chi connectivity index (χ3n) is 4.03. The van der Waals surface area contributed by atoms with Gasteiger partial charge in [0, 0.05) is 12.6 Å². The summed E-state index contributed by atoms with van der Waals surface area (Å²) in [5.41, 5.74) is 0.0193. The molecule has 0 heterocycles. The second-order valence-electron chi connectivity index (χ2n) is 5.18. The monoisotopic (exact) mass is 243 g/mol. The Balaban J connectivity index is 4.65. The minimum absolute atomic E-state index is 0.0193. The van der Waals surface area contributed by atoms with Gasteiger partial charge in [0.25, 0.3) is 0 Å². The molecular formula is C15H33NO. The number of nitrogens with one attached hydrogen (secondary N) is 1. The molecular weight excluding hydrogens is 210 g/mol. The van der Waals surface area contributed by atoms with Gasteiger partial charge in [0.15, 0.2) is 0 Å². The van der Waals surface area contributed by atoms with Crippen molar-refractivity contribution in [2.75, 3.05) is 13.7 Å². The van der Waals surface area contributed by atoms with Crippen LogP contribution in [0.4, 0.5) is 0 Å². The minimum Gasteiger partial charge on any atom is -0.374 e. The third kappa shape index (κ3) is 4.97. The quantitative estimate of drug-likeness (QED) is 0.626. The highest BCUT2D eigenvalue weighted by molar-refractivity contribution is 4.91. The topological polar surface area (TPSA) is 21.3 Å². The van der Waals surface area contributed by atoms with Crippen LogP contribution in [0.25, 0.3) is 0 Å². The molecule has 0 saturated heterocycles. The lowest BCUT2D eigenvalue weighted by molar-refractivity contribution is -0.0750. The Labute approximate surface area is 109 Å². The van der Waals surface area contributed by atoms with Gasteiger partial charge in [-0.1, -0.05) is 40.5 Å². The molecule has 0 saturated carbocycles. The van der Waals surface area contributed by atoms with Gasteiger partial charge in [-0.05, 0) is 39.2 Å². The van der Waals surface area contributed by atoms with Gasteiger partial charge in [-0.25, -0.2) is 0 Å². The molecule has 2 atom stereocenters. The van der Waals surface area contributed by atoms with Gasteiger partial charge in [0.05, 0.1) is 5.60 Å². The largest absolute Gasteiger partial charge is 0.374 e. The summed E-state index contributed by atoms with van der Waals surface area (Å²) in [5.74, 6) is 0.774. The fourth-order valence-corrected chi connectivity index (χ4v) is 2.94. The van der Waals surface area contributed by atoms with Crippen molar-refractivity contribution in [1.82, 2.24) is 5.32 Å². The number of ether oxygens (including phenoxy) is 1. The van der Waals surface area contributed by atoms with Crippen molar-refractivity contribution in [1.29, 1.82) is 0 Å². The Morgan fingerprint density at radius 3 is 2.06 bits per heavy atom. The van der Waals surface area contributed by atoms with Crippen LogP contribution in [0, 0.1) is 5.92 Å². The molecule has 0 aliphatic heterocycles. The molecule has 17 heavy (non-hydrogen) atoms. The second-order valence-corrected chi connectivity index (χ2v) is 5.18. The van der Waals surface area contributed by atoms with Crippen LogP contribution in [0.15, 0.2) is 0 Å². The summed E-state index contributed by atoms with van der Waals surface area (Å²) < 4.78 is 6.10. The Morgan fingerprint density at radius 2 is 1.71 bits per heavy atom. The SMILES string of the molecule is CCCC(C)CC(NC)C(CC)(CC)OCC. The molecule has 1 N–H and O–H groups in total. The Morgan fingerprint density at radius 1 is 1.12 bits per heavy atom. The summed E-state index contributed by atoms with van der Waals surface area (Å²) in [4.78, 5) is 0. The van der Waals surface area contributed by atoms with Crippen LogP contribution in [-0.4, -0.2) is 25.3 Å². The van der Waals surface area contributed by atoms with Gasteiger partial charge in [-0.3, -0.25) is 0 Å². The maximum absolute atomic E-state index is 6.10. The first-order chi connectivity index (χ1) is 8.10. The first-order valence-electron chi connectivity index (χ1n) is 7.41. The summed E-state index contributed by atoms with van der Waals surface area (Å²) in [7, 11) is 2.07. The summed E-state index contributed by atoms with van der Waals surface area (Å²) in [6.07, 6.45) is 5.97. The van der Waals surface area contributed by atoms with Gasteiger partial charge in [-0.15, -0.1) is 0 Å². The zero-order valence-electron chi connectivity index (χ0n) is 12.8. The highest BCUT2D eigenvalue weighted by Gasteiger charge is 2.35. The lowest BCUT2D eigenvalue weighted by Gasteiger charge is -2.40. The molecule has 0 aliphatic rings. The van der Waals surface area contributed by atoms with E-state index in [4.69, 9.17) is 4.74 Å². The van der Waals surface area contributed by atoms with E-state index in [1.807, 2.05) is 0 Å². The maximum atomic E-state index is 6.10. The predicted octanol–water partition coefficient (Wildman–Crippen LogP) is 4.00. The van der Waals surface area contributed by atoms with E-state index >= 15 is 0 Å². The van der Waals surface area contributed by atoms with Crippen molar-refractivity contribution in [2.24, 2.45) is 5.92 Å². The molecule has 0 spiro atoms. The van der Waals surface area contributed by atoms with Crippen molar-refractivity contribution in [3.05, 3.63) is 0 Å². The van der Waals surface area contributed by atoms with E-state index in [2.05, 4.69) is 47.0 Å². The van der Waals surface area contributed by atoms with Crippen LogP contribution in [-0.2, 0) is 4.74 Å². The molecule has 2 heteroatoms. The van der Waals surface area contributed by atoms with Gasteiger partial charge < -0.3 is 10.1 Å². The van der Waals surface area contributed by atoms with E-state index in [1.54, 1.807) is 0 Å². The van der Waals surface area contributed by atoms with Crippen LogP contribution >= 0.6 is 0 Å². The van der Waals surface area contributed by atoms with Crippen LogP contribution in [0.2, 0.25) is 0 Å². The van der Waals surface area contributed by atoms with Crippen molar-refractivity contribution < 1.29 is 4.74 Å². The molecule has 0 rings (SSSR count). The zero-order chi connectivity index (χ0) is 13.3. The first-order valence-corrected chi connectivity index (χ1v) is 7.41. The molecule has 0 aromatic rings. The molecule has 2 nitrogen and oxygen atoms in total. The van der Waals surface area contributed by atoms with Crippen LogP contribution in [0.1, 0.15) is 66.7 Å². The van der Waals surface area contributed by atoms with Crippen LogP contribution in [0.5, 0.6) is 0 Å². The van der Waals surface area contributed by atoms with Crippen molar-refractivity contribution in [2.45, 2.75) is 78.4 Å². The lowest BCUT2D eigenvalue weighted by Crippen LogP contribution is -2.51. The van der Waals surface area contributed by atoms with E-state index in [1.165, 1.54) is 19.3 Å². The van der Waals surface area contributed by atoms with E-state index in [-0.39, 0.29) is 5.60 Å². The summed E-state index contributed by atoms with van der Waals surface area (Å²) in [6.45, 7) is 12.0. The average molecular weight is 243 g/mol. The molecule has 2 unspecified atom stereocenters. The minimum atomic E-state index is 0.0193. The Kier molecular flexibility index (Phi) is 8.89. The maximum Gasteiger partial charge on any atom is 0.0829 e. The summed E-state index contributed by atoms with van der Waals surface area (Å²) >= 11 is 0. The van der Waals surface area contributed by atoms with Crippen molar-refractivity contribution in [3.8, 4) is 0 Å². The molecule has 0 fully saturated rings. The smallest absolute Gasteiger partial charge is 0.0829 e. The number of hydrogen-bond acceptors (Lipinski definition) is 2. The van der Waals surface area contributed by atoms with Gasteiger partial charge >= 0.3 is 0 Å². The normalized spacial score (nSPS) is 15.9.